The van der Waals surface area contributed by atoms with Gasteiger partial charge in [0.25, 0.3) is 5.91 Å². The van der Waals surface area contributed by atoms with Gasteiger partial charge >= 0.3 is 0 Å². The maximum atomic E-state index is 12.0. The molecule has 3 rings (SSSR count). The lowest BCUT2D eigenvalue weighted by Crippen LogP contribution is -2.25. The number of amides is 1. The van der Waals surface area contributed by atoms with E-state index in [1.54, 1.807) is 12.5 Å². The first-order chi connectivity index (χ1) is 13.0. The molecule has 0 spiro atoms. The van der Waals surface area contributed by atoms with Crippen LogP contribution in [-0.2, 0) is 4.79 Å². The Morgan fingerprint density at radius 3 is 2.67 bits per heavy atom. The Balaban J connectivity index is 1.56. The van der Waals surface area contributed by atoms with E-state index in [1.807, 2.05) is 74.0 Å². The second-order valence-corrected chi connectivity index (χ2v) is 6.31. The Kier molecular flexibility index (Phi) is 5.66. The molecule has 0 unspecified atom stereocenters. The van der Waals surface area contributed by atoms with Crippen LogP contribution in [0.15, 0.2) is 66.3 Å². The Labute approximate surface area is 158 Å². The molecule has 3 aromatic rings. The van der Waals surface area contributed by atoms with Crippen molar-refractivity contribution in [3.8, 4) is 11.4 Å². The SMILES string of the molecule is CC(=NNC(=O)COc1cc(C)ccc1C)c1ccc(-n2ccnc2)cc1. The fourth-order valence-corrected chi connectivity index (χ4v) is 2.54. The monoisotopic (exact) mass is 362 g/mol. The number of hydrazone groups is 1. The van der Waals surface area contributed by atoms with Crippen LogP contribution < -0.4 is 10.2 Å². The van der Waals surface area contributed by atoms with Gasteiger partial charge in [0.15, 0.2) is 6.61 Å². The highest BCUT2D eigenvalue weighted by atomic mass is 16.5. The van der Waals surface area contributed by atoms with E-state index in [9.17, 15) is 4.79 Å². The lowest BCUT2D eigenvalue weighted by atomic mass is 10.1. The zero-order valence-corrected chi connectivity index (χ0v) is 15.6. The molecule has 0 saturated carbocycles. The molecule has 0 atom stereocenters. The van der Waals surface area contributed by atoms with E-state index < -0.39 is 0 Å². The molecule has 0 aliphatic heterocycles. The van der Waals surface area contributed by atoms with Crippen molar-refractivity contribution in [2.24, 2.45) is 5.10 Å². The molecule has 27 heavy (non-hydrogen) atoms. The van der Waals surface area contributed by atoms with Crippen molar-refractivity contribution in [2.45, 2.75) is 20.8 Å². The van der Waals surface area contributed by atoms with Crippen molar-refractivity contribution in [1.82, 2.24) is 15.0 Å². The topological polar surface area (TPSA) is 68.5 Å². The first kappa shape index (κ1) is 18.4. The molecular formula is C21H22N4O2. The van der Waals surface area contributed by atoms with Gasteiger partial charge in [-0.1, -0.05) is 24.3 Å². The van der Waals surface area contributed by atoms with Crippen LogP contribution in [0.1, 0.15) is 23.6 Å². The van der Waals surface area contributed by atoms with Crippen molar-refractivity contribution >= 4 is 11.6 Å². The maximum absolute atomic E-state index is 12.0. The van der Waals surface area contributed by atoms with Crippen molar-refractivity contribution in [3.05, 3.63) is 77.9 Å². The standard InChI is InChI=1S/C21H22N4O2/c1-15-4-5-16(2)20(12-15)27-13-21(26)24-23-17(3)18-6-8-19(9-7-18)25-11-10-22-14-25/h4-12,14H,13H2,1-3H3,(H,24,26). The summed E-state index contributed by atoms with van der Waals surface area (Å²) in [6, 6.07) is 13.7. The third-order valence-electron chi connectivity index (χ3n) is 4.14. The van der Waals surface area contributed by atoms with Gasteiger partial charge in [0.1, 0.15) is 5.75 Å². The van der Waals surface area contributed by atoms with E-state index >= 15 is 0 Å². The van der Waals surface area contributed by atoms with Crippen LogP contribution in [-0.4, -0.2) is 27.8 Å². The summed E-state index contributed by atoms with van der Waals surface area (Å²) >= 11 is 0. The molecule has 6 nitrogen and oxygen atoms in total. The van der Waals surface area contributed by atoms with Crippen LogP contribution in [0.4, 0.5) is 0 Å². The van der Waals surface area contributed by atoms with E-state index in [2.05, 4.69) is 15.5 Å². The van der Waals surface area contributed by atoms with Gasteiger partial charge in [0.2, 0.25) is 0 Å². The van der Waals surface area contributed by atoms with E-state index in [0.29, 0.717) is 11.5 Å². The highest BCUT2D eigenvalue weighted by Gasteiger charge is 2.06. The molecule has 0 bridgehead atoms. The molecule has 1 N–H and O–H groups in total. The number of aromatic nitrogens is 2. The lowest BCUT2D eigenvalue weighted by molar-refractivity contribution is -0.123. The summed E-state index contributed by atoms with van der Waals surface area (Å²) in [5, 5.41) is 4.16. The molecule has 0 aliphatic rings. The molecule has 1 amide bonds. The van der Waals surface area contributed by atoms with Gasteiger partial charge < -0.3 is 9.30 Å². The number of nitrogens with one attached hydrogen (secondary N) is 1. The molecule has 0 saturated heterocycles. The van der Waals surface area contributed by atoms with Crippen molar-refractivity contribution in [2.75, 3.05) is 6.61 Å². The first-order valence-corrected chi connectivity index (χ1v) is 8.65. The number of ether oxygens (including phenoxy) is 1. The molecular weight excluding hydrogens is 340 g/mol. The van der Waals surface area contributed by atoms with Crippen LogP contribution in [0.5, 0.6) is 5.75 Å². The zero-order chi connectivity index (χ0) is 19.2. The Morgan fingerprint density at radius 1 is 1.19 bits per heavy atom. The summed E-state index contributed by atoms with van der Waals surface area (Å²) in [5.74, 6) is 0.409. The van der Waals surface area contributed by atoms with Crippen LogP contribution >= 0.6 is 0 Å². The van der Waals surface area contributed by atoms with Crippen LogP contribution in [0.2, 0.25) is 0 Å². The number of nitrogens with zero attached hydrogens (tertiary/aromatic N) is 3. The summed E-state index contributed by atoms with van der Waals surface area (Å²) in [7, 11) is 0. The summed E-state index contributed by atoms with van der Waals surface area (Å²) in [6.45, 7) is 5.69. The average molecular weight is 362 g/mol. The van der Waals surface area contributed by atoms with Gasteiger partial charge in [0.05, 0.1) is 12.0 Å². The molecule has 1 heterocycles. The third-order valence-corrected chi connectivity index (χ3v) is 4.14. The van der Waals surface area contributed by atoms with Crippen LogP contribution in [0.3, 0.4) is 0 Å². The number of carbonyl (C=O) groups excluding carboxylic acids is 1. The predicted molar refractivity (Wildman–Crippen MR) is 105 cm³/mol. The van der Waals surface area contributed by atoms with Gasteiger partial charge in [-0.15, -0.1) is 0 Å². The number of imidazole rings is 1. The summed E-state index contributed by atoms with van der Waals surface area (Å²) in [4.78, 5) is 16.0. The normalized spacial score (nSPS) is 11.3. The highest BCUT2D eigenvalue weighted by molar-refractivity contribution is 5.99. The van der Waals surface area contributed by atoms with Crippen LogP contribution in [0.25, 0.3) is 5.69 Å². The van der Waals surface area contributed by atoms with Crippen molar-refractivity contribution in [3.63, 3.8) is 0 Å². The molecule has 138 valence electrons. The van der Waals surface area contributed by atoms with E-state index in [-0.39, 0.29) is 12.5 Å². The summed E-state index contributed by atoms with van der Waals surface area (Å²) in [6.07, 6.45) is 5.36. The van der Waals surface area contributed by atoms with Gasteiger partial charge in [-0.2, -0.15) is 5.10 Å². The molecule has 0 radical (unpaired) electrons. The van der Waals surface area contributed by atoms with Gasteiger partial charge in [-0.25, -0.2) is 10.4 Å². The molecule has 6 heteroatoms. The van der Waals surface area contributed by atoms with Crippen molar-refractivity contribution in [1.29, 1.82) is 0 Å². The number of hydrogen-bond acceptors (Lipinski definition) is 4. The second kappa shape index (κ2) is 8.31. The number of benzene rings is 2. The smallest absolute Gasteiger partial charge is 0.277 e. The van der Waals surface area contributed by atoms with Gasteiger partial charge in [-0.3, -0.25) is 4.79 Å². The van der Waals surface area contributed by atoms with Gasteiger partial charge in [0, 0.05) is 18.1 Å². The number of carbonyl (C=O) groups is 1. The largest absolute Gasteiger partial charge is 0.483 e. The van der Waals surface area contributed by atoms with Crippen LogP contribution in [0, 0.1) is 13.8 Å². The second-order valence-electron chi connectivity index (χ2n) is 6.31. The number of aryl methyl sites for hydroxylation is 2. The Morgan fingerprint density at radius 2 is 1.96 bits per heavy atom. The lowest BCUT2D eigenvalue weighted by Gasteiger charge is -2.09. The molecule has 1 aromatic heterocycles. The summed E-state index contributed by atoms with van der Waals surface area (Å²) in [5.41, 5.74) is 7.26. The van der Waals surface area contributed by atoms with Crippen molar-refractivity contribution < 1.29 is 9.53 Å². The minimum atomic E-state index is -0.301. The van der Waals surface area contributed by atoms with Gasteiger partial charge in [-0.05, 0) is 55.7 Å². The zero-order valence-electron chi connectivity index (χ0n) is 15.6. The molecule has 0 aliphatic carbocycles. The summed E-state index contributed by atoms with van der Waals surface area (Å²) < 4.78 is 7.50. The average Bonchev–Trinajstić information content (AvgIpc) is 3.21. The maximum Gasteiger partial charge on any atom is 0.277 e. The Hall–Kier alpha value is -3.41. The number of hydrogen-bond donors (Lipinski definition) is 1. The Bertz CT molecular complexity index is 945. The fraction of sp³-hybridized carbons (Fsp3) is 0.190. The van der Waals surface area contributed by atoms with E-state index in [4.69, 9.17) is 4.74 Å². The molecule has 0 fully saturated rings. The molecule has 2 aromatic carbocycles. The quantitative estimate of drug-likeness (QED) is 0.540. The highest BCUT2D eigenvalue weighted by Crippen LogP contribution is 2.18. The van der Waals surface area contributed by atoms with E-state index in [0.717, 1.165) is 22.4 Å². The third kappa shape index (κ3) is 4.82. The minimum Gasteiger partial charge on any atom is -0.483 e. The van der Waals surface area contributed by atoms with E-state index in [1.165, 1.54) is 0 Å². The predicted octanol–water partition coefficient (Wildman–Crippen LogP) is 3.41. The fourth-order valence-electron chi connectivity index (χ4n) is 2.54. The first-order valence-electron chi connectivity index (χ1n) is 8.65. The minimum absolute atomic E-state index is 0.0827. The number of rotatable bonds is 6.